The van der Waals surface area contributed by atoms with E-state index in [-0.39, 0.29) is 0 Å². The predicted octanol–water partition coefficient (Wildman–Crippen LogP) is 1.97. The zero-order valence-electron chi connectivity index (χ0n) is 14.8. The van der Waals surface area contributed by atoms with Gasteiger partial charge in [0.05, 0.1) is 25.3 Å². The van der Waals surface area contributed by atoms with E-state index < -0.39 is 0 Å². The van der Waals surface area contributed by atoms with E-state index >= 15 is 0 Å². The molecule has 2 aliphatic heterocycles. The van der Waals surface area contributed by atoms with Gasteiger partial charge in [0.15, 0.2) is 0 Å². The molecule has 0 unspecified atom stereocenters. The molecule has 6 heteroatoms. The standard InChI is InChI=1S/C19H27N5O/c1-2-6-17-16(5-1)19(20-7-10-23-11-13-25-14-12-23)22-18(21-17)15-24-8-3-4-9-24/h1-2,5-6H,3-4,7-15H2,(H,20,21,22). The van der Waals surface area contributed by atoms with Gasteiger partial charge in [-0.2, -0.15) is 0 Å². The Bertz CT molecular complexity index is 695. The van der Waals surface area contributed by atoms with Crippen LogP contribution in [0, 0.1) is 0 Å². The SMILES string of the molecule is c1ccc2c(NCCN3CCOCC3)nc(CN3CCCC3)nc2c1. The molecule has 0 amide bonds. The topological polar surface area (TPSA) is 53.5 Å². The van der Waals surface area contributed by atoms with Crippen LogP contribution in [0.3, 0.4) is 0 Å². The number of hydrogen-bond acceptors (Lipinski definition) is 6. The summed E-state index contributed by atoms with van der Waals surface area (Å²) in [4.78, 5) is 14.5. The quantitative estimate of drug-likeness (QED) is 0.867. The molecule has 1 N–H and O–H groups in total. The number of rotatable bonds is 6. The molecule has 2 aliphatic rings. The van der Waals surface area contributed by atoms with Crippen LogP contribution in [-0.4, -0.2) is 72.3 Å². The molecule has 0 spiro atoms. The number of ether oxygens (including phenoxy) is 1. The number of para-hydroxylation sites is 1. The highest BCUT2D eigenvalue weighted by Crippen LogP contribution is 2.21. The summed E-state index contributed by atoms with van der Waals surface area (Å²) in [7, 11) is 0. The third-order valence-corrected chi connectivity index (χ3v) is 5.04. The van der Waals surface area contributed by atoms with Gasteiger partial charge in [0, 0.05) is 31.6 Å². The lowest BCUT2D eigenvalue weighted by molar-refractivity contribution is 0.0398. The molecule has 2 aromatic rings. The lowest BCUT2D eigenvalue weighted by atomic mass is 10.2. The summed E-state index contributed by atoms with van der Waals surface area (Å²) in [5.41, 5.74) is 1.03. The molecule has 0 aliphatic carbocycles. The lowest BCUT2D eigenvalue weighted by Gasteiger charge is -2.26. The van der Waals surface area contributed by atoms with Crippen LogP contribution in [0.5, 0.6) is 0 Å². The Morgan fingerprint density at radius 1 is 0.960 bits per heavy atom. The Morgan fingerprint density at radius 2 is 1.76 bits per heavy atom. The molecular weight excluding hydrogens is 314 g/mol. The third-order valence-electron chi connectivity index (χ3n) is 5.04. The van der Waals surface area contributed by atoms with Gasteiger partial charge in [0.25, 0.3) is 0 Å². The van der Waals surface area contributed by atoms with Crippen molar-refractivity contribution in [2.45, 2.75) is 19.4 Å². The Kier molecular flexibility index (Phi) is 5.40. The number of morpholine rings is 1. The number of hydrogen-bond donors (Lipinski definition) is 1. The number of nitrogens with one attached hydrogen (secondary N) is 1. The second-order valence-electron chi connectivity index (χ2n) is 6.87. The first kappa shape index (κ1) is 16.7. The molecule has 4 rings (SSSR count). The molecule has 3 heterocycles. The van der Waals surface area contributed by atoms with Gasteiger partial charge in [0.1, 0.15) is 11.6 Å². The summed E-state index contributed by atoms with van der Waals surface area (Å²) in [6.07, 6.45) is 2.58. The van der Waals surface area contributed by atoms with Gasteiger partial charge < -0.3 is 10.1 Å². The smallest absolute Gasteiger partial charge is 0.145 e. The van der Waals surface area contributed by atoms with Crippen molar-refractivity contribution in [1.29, 1.82) is 0 Å². The highest BCUT2D eigenvalue weighted by Gasteiger charge is 2.15. The zero-order valence-corrected chi connectivity index (χ0v) is 14.8. The average Bonchev–Trinajstić information content (AvgIpc) is 3.15. The van der Waals surface area contributed by atoms with E-state index in [1.807, 2.05) is 6.07 Å². The van der Waals surface area contributed by atoms with Gasteiger partial charge >= 0.3 is 0 Å². The Hall–Kier alpha value is -1.76. The second kappa shape index (κ2) is 8.08. The van der Waals surface area contributed by atoms with E-state index in [2.05, 4.69) is 33.3 Å². The summed E-state index contributed by atoms with van der Waals surface area (Å²) >= 11 is 0. The predicted molar refractivity (Wildman–Crippen MR) is 99.8 cm³/mol. The highest BCUT2D eigenvalue weighted by molar-refractivity contribution is 5.88. The van der Waals surface area contributed by atoms with Crippen LogP contribution in [-0.2, 0) is 11.3 Å². The fourth-order valence-corrected chi connectivity index (χ4v) is 3.63. The Morgan fingerprint density at radius 3 is 2.60 bits per heavy atom. The molecule has 134 valence electrons. The van der Waals surface area contributed by atoms with Gasteiger partial charge in [-0.15, -0.1) is 0 Å². The van der Waals surface area contributed by atoms with E-state index in [0.29, 0.717) is 0 Å². The van der Waals surface area contributed by atoms with E-state index in [1.54, 1.807) is 0 Å². The van der Waals surface area contributed by atoms with Gasteiger partial charge in [-0.3, -0.25) is 9.80 Å². The molecule has 0 radical (unpaired) electrons. The molecule has 6 nitrogen and oxygen atoms in total. The highest BCUT2D eigenvalue weighted by atomic mass is 16.5. The molecule has 0 bridgehead atoms. The Balaban J connectivity index is 1.47. The fourth-order valence-electron chi connectivity index (χ4n) is 3.63. The van der Waals surface area contributed by atoms with Crippen molar-refractivity contribution in [3.8, 4) is 0 Å². The number of fused-ring (bicyclic) bond motifs is 1. The first-order chi connectivity index (χ1) is 12.4. The average molecular weight is 341 g/mol. The first-order valence-electron chi connectivity index (χ1n) is 9.40. The van der Waals surface area contributed by atoms with E-state index in [0.717, 1.165) is 81.6 Å². The van der Waals surface area contributed by atoms with Crippen LogP contribution < -0.4 is 5.32 Å². The van der Waals surface area contributed by atoms with E-state index in [4.69, 9.17) is 14.7 Å². The number of aromatic nitrogens is 2. The van der Waals surface area contributed by atoms with Gasteiger partial charge in [-0.1, -0.05) is 12.1 Å². The minimum atomic E-state index is 0.844. The number of anilines is 1. The summed E-state index contributed by atoms with van der Waals surface area (Å²) in [6, 6.07) is 8.29. The zero-order chi connectivity index (χ0) is 16.9. The van der Waals surface area contributed by atoms with Crippen LogP contribution in [0.4, 0.5) is 5.82 Å². The minimum absolute atomic E-state index is 0.844. The number of likely N-dealkylation sites (tertiary alicyclic amines) is 1. The monoisotopic (exact) mass is 341 g/mol. The molecular formula is C19H27N5O. The third kappa shape index (κ3) is 4.26. The normalized spacial score (nSPS) is 19.5. The number of benzene rings is 1. The van der Waals surface area contributed by atoms with Crippen LogP contribution >= 0.6 is 0 Å². The number of nitrogens with zero attached hydrogens (tertiary/aromatic N) is 4. The van der Waals surface area contributed by atoms with Crippen LogP contribution in [0.15, 0.2) is 24.3 Å². The van der Waals surface area contributed by atoms with Crippen molar-refractivity contribution in [3.05, 3.63) is 30.1 Å². The second-order valence-corrected chi connectivity index (χ2v) is 6.87. The molecule has 1 aromatic carbocycles. The van der Waals surface area contributed by atoms with Crippen molar-refractivity contribution in [2.24, 2.45) is 0 Å². The maximum Gasteiger partial charge on any atom is 0.145 e. The molecule has 2 saturated heterocycles. The summed E-state index contributed by atoms with van der Waals surface area (Å²) < 4.78 is 5.41. The van der Waals surface area contributed by atoms with Crippen molar-refractivity contribution < 1.29 is 4.74 Å². The molecule has 1 aromatic heterocycles. The van der Waals surface area contributed by atoms with Crippen molar-refractivity contribution >= 4 is 16.7 Å². The first-order valence-corrected chi connectivity index (χ1v) is 9.40. The molecule has 0 saturated carbocycles. The molecule has 2 fully saturated rings. The summed E-state index contributed by atoms with van der Waals surface area (Å²) in [5, 5.41) is 4.65. The lowest BCUT2D eigenvalue weighted by Crippen LogP contribution is -2.39. The van der Waals surface area contributed by atoms with Gasteiger partial charge in [0.2, 0.25) is 0 Å². The van der Waals surface area contributed by atoms with Crippen LogP contribution in [0.2, 0.25) is 0 Å². The van der Waals surface area contributed by atoms with Crippen molar-refractivity contribution in [2.75, 3.05) is 57.8 Å². The largest absolute Gasteiger partial charge is 0.379 e. The molecule has 0 atom stereocenters. The van der Waals surface area contributed by atoms with Gasteiger partial charge in [-0.05, 0) is 38.1 Å². The summed E-state index contributed by atoms with van der Waals surface area (Å²) in [5.74, 6) is 1.89. The van der Waals surface area contributed by atoms with Crippen LogP contribution in [0.25, 0.3) is 10.9 Å². The Labute approximate surface area is 149 Å². The maximum absolute atomic E-state index is 5.41. The molecule has 25 heavy (non-hydrogen) atoms. The van der Waals surface area contributed by atoms with Crippen LogP contribution in [0.1, 0.15) is 18.7 Å². The van der Waals surface area contributed by atoms with Gasteiger partial charge in [-0.25, -0.2) is 9.97 Å². The fraction of sp³-hybridized carbons (Fsp3) is 0.579. The van der Waals surface area contributed by atoms with E-state index in [9.17, 15) is 0 Å². The van der Waals surface area contributed by atoms with E-state index in [1.165, 1.54) is 12.8 Å². The summed E-state index contributed by atoms with van der Waals surface area (Å²) in [6.45, 7) is 8.81. The van der Waals surface area contributed by atoms with Crippen molar-refractivity contribution in [3.63, 3.8) is 0 Å². The maximum atomic E-state index is 5.41. The minimum Gasteiger partial charge on any atom is -0.379 e. The van der Waals surface area contributed by atoms with Crippen molar-refractivity contribution in [1.82, 2.24) is 19.8 Å².